The minimum atomic E-state index is -4.68. The molecule has 4 aliphatic rings. The second kappa shape index (κ2) is 10.2. The molecule has 4 fully saturated rings. The van der Waals surface area contributed by atoms with E-state index in [1.807, 2.05) is 0 Å². The van der Waals surface area contributed by atoms with E-state index in [1.54, 1.807) is 12.1 Å². The van der Waals surface area contributed by atoms with Crippen LogP contribution in [0.25, 0.3) is 22.2 Å². The van der Waals surface area contributed by atoms with Crippen molar-refractivity contribution < 1.29 is 32.3 Å². The third-order valence-electron chi connectivity index (χ3n) is 9.47. The van der Waals surface area contributed by atoms with Crippen LogP contribution in [0.4, 0.5) is 13.2 Å². The van der Waals surface area contributed by atoms with E-state index in [2.05, 4.69) is 15.1 Å². The summed E-state index contributed by atoms with van der Waals surface area (Å²) in [4.78, 5) is 20.4. The van der Waals surface area contributed by atoms with Gasteiger partial charge in [0.05, 0.1) is 38.9 Å². The number of fused-ring (bicyclic) bond motifs is 4. The molecule has 0 spiro atoms. The summed E-state index contributed by atoms with van der Waals surface area (Å²) in [5.74, 6) is -0.327. The number of rotatable bonds is 7. The van der Waals surface area contributed by atoms with Crippen molar-refractivity contribution in [3.8, 4) is 11.3 Å². The standard InChI is InChI=1S/C31H26Cl2F3N3O4/c32-21-13-37-14-22(33)25(21)26-20(27(43-39-26)16-1-2-16)15-42-30-8-5-29(6-9-30,7-10-30)24-4-3-18-19(28(40)41)11-17(31(34,35)36)12-23(18)38-24/h3-4,11-14,16H,1-2,5-10,15H2,(H,40,41). The van der Waals surface area contributed by atoms with Gasteiger partial charge in [-0.25, -0.2) is 4.79 Å². The van der Waals surface area contributed by atoms with Gasteiger partial charge in [0.1, 0.15) is 11.5 Å². The number of hydrogen-bond acceptors (Lipinski definition) is 6. The van der Waals surface area contributed by atoms with Gasteiger partial charge >= 0.3 is 12.1 Å². The zero-order valence-corrected chi connectivity index (χ0v) is 24.3. The smallest absolute Gasteiger partial charge is 0.416 e. The second-order valence-electron chi connectivity index (χ2n) is 12.0. The van der Waals surface area contributed by atoms with Crippen LogP contribution < -0.4 is 0 Å². The quantitative estimate of drug-likeness (QED) is 0.218. The first-order valence-electron chi connectivity index (χ1n) is 14.2. The zero-order valence-electron chi connectivity index (χ0n) is 22.8. The van der Waals surface area contributed by atoms with Crippen LogP contribution in [0.3, 0.4) is 0 Å². The maximum atomic E-state index is 13.6. The van der Waals surface area contributed by atoms with Crippen molar-refractivity contribution in [2.24, 2.45) is 0 Å². The molecule has 4 saturated carbocycles. The van der Waals surface area contributed by atoms with Crippen LogP contribution in [-0.4, -0.2) is 31.8 Å². The highest BCUT2D eigenvalue weighted by Crippen LogP contribution is 2.55. The molecule has 4 aromatic rings. The lowest BCUT2D eigenvalue weighted by atomic mass is 9.57. The SMILES string of the molecule is O=C(O)c1cc(C(F)(F)F)cc2nc(C34CCC(OCc5c(-c6c(Cl)cncc6Cl)noc5C5CC5)(CC3)CC4)ccc12. The third kappa shape index (κ3) is 4.97. The third-order valence-corrected chi connectivity index (χ3v) is 10.0. The van der Waals surface area contributed by atoms with Gasteiger partial charge in [-0.3, -0.25) is 9.97 Å². The fourth-order valence-corrected chi connectivity index (χ4v) is 7.35. The molecule has 3 heterocycles. The van der Waals surface area contributed by atoms with Crippen LogP contribution in [0.15, 0.2) is 41.2 Å². The summed E-state index contributed by atoms with van der Waals surface area (Å²) < 4.78 is 53.1. The molecule has 3 aromatic heterocycles. The summed E-state index contributed by atoms with van der Waals surface area (Å²) >= 11 is 12.9. The summed E-state index contributed by atoms with van der Waals surface area (Å²) in [6.07, 6.45) is 4.93. The van der Waals surface area contributed by atoms with Crippen LogP contribution in [0.1, 0.15) is 90.2 Å². The second-order valence-corrected chi connectivity index (χ2v) is 12.8. The molecule has 7 nitrogen and oxygen atoms in total. The molecule has 43 heavy (non-hydrogen) atoms. The lowest BCUT2D eigenvalue weighted by Gasteiger charge is -2.52. The highest BCUT2D eigenvalue weighted by atomic mass is 35.5. The summed E-state index contributed by atoms with van der Waals surface area (Å²) in [7, 11) is 0. The topological polar surface area (TPSA) is 98.3 Å². The van der Waals surface area contributed by atoms with Gasteiger partial charge in [-0.05, 0) is 69.6 Å². The van der Waals surface area contributed by atoms with Gasteiger partial charge in [0.15, 0.2) is 0 Å². The first kappa shape index (κ1) is 28.6. The Hall–Kier alpha value is -3.21. The number of nitrogens with zero attached hydrogens (tertiary/aromatic N) is 3. The average molecular weight is 632 g/mol. The van der Waals surface area contributed by atoms with Gasteiger partial charge in [-0.1, -0.05) is 34.4 Å². The van der Waals surface area contributed by atoms with E-state index in [-0.39, 0.29) is 21.9 Å². The van der Waals surface area contributed by atoms with Gasteiger partial charge in [0.2, 0.25) is 0 Å². The number of hydrogen-bond donors (Lipinski definition) is 1. The van der Waals surface area contributed by atoms with Crippen LogP contribution in [0.5, 0.6) is 0 Å². The Bertz CT molecular complexity index is 1720. The van der Waals surface area contributed by atoms with Gasteiger partial charge in [0.25, 0.3) is 0 Å². The summed E-state index contributed by atoms with van der Waals surface area (Å²) in [5.41, 5.74) is 0.620. The molecule has 1 aromatic carbocycles. The Morgan fingerprint density at radius 3 is 2.33 bits per heavy atom. The van der Waals surface area contributed by atoms with Crippen LogP contribution in [0.2, 0.25) is 10.0 Å². The number of carboxylic acid groups (broad SMARTS) is 1. The molecule has 4 aliphatic carbocycles. The van der Waals surface area contributed by atoms with Gasteiger partial charge < -0.3 is 14.4 Å². The van der Waals surface area contributed by atoms with Crippen molar-refractivity contribution in [2.75, 3.05) is 0 Å². The number of aromatic carboxylic acids is 1. The van der Waals surface area contributed by atoms with E-state index < -0.39 is 23.3 Å². The first-order chi connectivity index (χ1) is 20.5. The first-order valence-corrected chi connectivity index (χ1v) is 14.9. The van der Waals surface area contributed by atoms with E-state index in [0.29, 0.717) is 45.6 Å². The number of benzene rings is 1. The van der Waals surface area contributed by atoms with Gasteiger partial charge in [0, 0.05) is 45.9 Å². The van der Waals surface area contributed by atoms with Crippen molar-refractivity contribution in [2.45, 2.75) is 81.1 Å². The molecule has 8 rings (SSSR count). The molecule has 0 radical (unpaired) electrons. The normalized spacial score (nSPS) is 23.7. The molecular formula is C31H26Cl2F3N3O4. The van der Waals surface area contributed by atoms with Crippen molar-refractivity contribution in [3.63, 3.8) is 0 Å². The lowest BCUT2D eigenvalue weighted by Crippen LogP contribution is -2.50. The molecule has 224 valence electrons. The molecule has 0 saturated heterocycles. The summed E-state index contributed by atoms with van der Waals surface area (Å²) in [5, 5.41) is 14.9. The number of ether oxygens (including phenoxy) is 1. The van der Waals surface area contributed by atoms with E-state index in [4.69, 9.17) is 32.5 Å². The monoisotopic (exact) mass is 631 g/mol. The minimum Gasteiger partial charge on any atom is -0.478 e. The number of halogens is 5. The van der Waals surface area contributed by atoms with Gasteiger partial charge in [-0.15, -0.1) is 0 Å². The van der Waals surface area contributed by atoms with E-state index >= 15 is 0 Å². The Morgan fingerprint density at radius 2 is 1.72 bits per heavy atom. The van der Waals surface area contributed by atoms with Crippen molar-refractivity contribution in [1.82, 2.24) is 15.1 Å². The molecule has 0 atom stereocenters. The van der Waals surface area contributed by atoms with Crippen molar-refractivity contribution in [1.29, 1.82) is 0 Å². The van der Waals surface area contributed by atoms with Crippen molar-refractivity contribution >= 4 is 40.1 Å². The van der Waals surface area contributed by atoms with Gasteiger partial charge in [-0.2, -0.15) is 13.2 Å². The van der Waals surface area contributed by atoms with Crippen LogP contribution in [-0.2, 0) is 22.9 Å². The minimum absolute atomic E-state index is 0.0405. The van der Waals surface area contributed by atoms with E-state index in [9.17, 15) is 23.1 Å². The van der Waals surface area contributed by atoms with E-state index in [1.165, 1.54) is 12.4 Å². The zero-order chi connectivity index (χ0) is 30.1. The van der Waals surface area contributed by atoms with Crippen LogP contribution in [0, 0.1) is 0 Å². The predicted octanol–water partition coefficient (Wildman–Crippen LogP) is 8.75. The Balaban J connectivity index is 1.14. The summed E-state index contributed by atoms with van der Waals surface area (Å²) in [6, 6.07) is 4.97. The molecule has 0 unspecified atom stereocenters. The largest absolute Gasteiger partial charge is 0.478 e. The molecular weight excluding hydrogens is 606 g/mol. The molecule has 2 bridgehead atoms. The van der Waals surface area contributed by atoms with Crippen molar-refractivity contribution in [3.05, 3.63) is 74.8 Å². The Kier molecular flexibility index (Phi) is 6.76. The molecule has 0 amide bonds. The fraction of sp³-hybridized carbons (Fsp3) is 0.419. The number of carbonyl (C=O) groups is 1. The Morgan fingerprint density at radius 1 is 1.05 bits per heavy atom. The number of pyridine rings is 2. The summed E-state index contributed by atoms with van der Waals surface area (Å²) in [6.45, 7) is 0.291. The maximum Gasteiger partial charge on any atom is 0.416 e. The number of aromatic nitrogens is 3. The van der Waals surface area contributed by atoms with Crippen LogP contribution >= 0.6 is 23.2 Å². The highest BCUT2D eigenvalue weighted by Gasteiger charge is 2.51. The lowest BCUT2D eigenvalue weighted by molar-refractivity contribution is -0.137. The average Bonchev–Trinajstić information content (AvgIpc) is 3.75. The maximum absolute atomic E-state index is 13.6. The number of carboxylic acids is 1. The highest BCUT2D eigenvalue weighted by molar-refractivity contribution is 6.38. The predicted molar refractivity (Wildman–Crippen MR) is 152 cm³/mol. The van der Waals surface area contributed by atoms with E-state index in [0.717, 1.165) is 68.8 Å². The fourth-order valence-electron chi connectivity index (χ4n) is 6.81. The molecule has 1 N–H and O–H groups in total. The molecule has 12 heteroatoms. The molecule has 0 aliphatic heterocycles. The number of alkyl halides is 3. The Labute approximate surface area is 254 Å².